The first-order valence-electron chi connectivity index (χ1n) is 12.7. The Hall–Kier alpha value is -4.07. The molecule has 3 aromatic rings. The zero-order chi connectivity index (χ0) is 26.1. The number of amides is 3. The summed E-state index contributed by atoms with van der Waals surface area (Å²) in [6.45, 7) is 8.06. The fourth-order valence-corrected chi connectivity index (χ4v) is 5.09. The van der Waals surface area contributed by atoms with Gasteiger partial charge in [-0.15, -0.1) is 0 Å². The highest BCUT2D eigenvalue weighted by atomic mass is 16.2. The molecule has 0 aliphatic carbocycles. The van der Waals surface area contributed by atoms with Crippen molar-refractivity contribution in [2.45, 2.75) is 33.2 Å². The van der Waals surface area contributed by atoms with Gasteiger partial charge in [-0.1, -0.05) is 56.3 Å². The number of rotatable bonds is 6. The minimum absolute atomic E-state index is 0.139. The van der Waals surface area contributed by atoms with Gasteiger partial charge in [-0.3, -0.25) is 19.3 Å². The van der Waals surface area contributed by atoms with Crippen LogP contribution in [0.15, 0.2) is 60.7 Å². The quantitative estimate of drug-likeness (QED) is 0.482. The Bertz CT molecular complexity index is 1300. The first kappa shape index (κ1) is 24.6. The largest absolute Gasteiger partial charge is 0.353 e. The summed E-state index contributed by atoms with van der Waals surface area (Å²) >= 11 is 0. The number of carbonyl (C=O) groups excluding carboxylic acids is 3. The molecule has 0 spiro atoms. The number of carbonyl (C=O) groups is 3. The molecule has 0 saturated carbocycles. The van der Waals surface area contributed by atoms with Gasteiger partial charge in [-0.05, 0) is 31.4 Å². The zero-order valence-electron chi connectivity index (χ0n) is 21.4. The summed E-state index contributed by atoms with van der Waals surface area (Å²) in [7, 11) is 0. The summed E-state index contributed by atoms with van der Waals surface area (Å²) in [4.78, 5) is 54.4. The van der Waals surface area contributed by atoms with Crippen molar-refractivity contribution in [3.05, 3.63) is 77.6 Å². The minimum Gasteiger partial charge on any atom is -0.353 e. The maximum Gasteiger partial charge on any atom is 0.262 e. The number of imide groups is 1. The molecule has 2 aromatic carbocycles. The van der Waals surface area contributed by atoms with E-state index in [-0.39, 0.29) is 23.6 Å². The van der Waals surface area contributed by atoms with E-state index in [1.807, 2.05) is 57.2 Å². The van der Waals surface area contributed by atoms with Gasteiger partial charge in [0.1, 0.15) is 17.7 Å². The third kappa shape index (κ3) is 4.83. The lowest BCUT2D eigenvalue weighted by molar-refractivity contribution is -0.136. The van der Waals surface area contributed by atoms with Crippen molar-refractivity contribution >= 4 is 23.5 Å². The number of hydrogen-bond donors (Lipinski definition) is 0. The van der Waals surface area contributed by atoms with Gasteiger partial charge in [0.25, 0.3) is 11.8 Å². The molecule has 3 heterocycles. The number of fused-ring (bicyclic) bond motifs is 1. The van der Waals surface area contributed by atoms with Crippen LogP contribution < -0.4 is 4.90 Å². The molecule has 1 unspecified atom stereocenters. The van der Waals surface area contributed by atoms with Crippen molar-refractivity contribution in [1.82, 2.24) is 19.8 Å². The molecule has 8 heteroatoms. The van der Waals surface area contributed by atoms with Gasteiger partial charge in [0.2, 0.25) is 5.91 Å². The monoisotopic (exact) mass is 497 g/mol. The van der Waals surface area contributed by atoms with E-state index in [1.165, 1.54) is 4.90 Å². The van der Waals surface area contributed by atoms with Crippen LogP contribution in [0.4, 0.5) is 5.82 Å². The maximum atomic E-state index is 13.7. The molecule has 190 valence electrons. The molecule has 1 saturated heterocycles. The Labute approximate surface area is 216 Å². The van der Waals surface area contributed by atoms with Crippen LogP contribution in [0.2, 0.25) is 0 Å². The Balaban J connectivity index is 1.32. The third-order valence-corrected chi connectivity index (χ3v) is 6.93. The molecule has 37 heavy (non-hydrogen) atoms. The molecule has 0 bridgehead atoms. The Morgan fingerprint density at radius 2 is 1.46 bits per heavy atom. The van der Waals surface area contributed by atoms with Crippen LogP contribution in [0, 0.1) is 12.8 Å². The molecule has 1 atom stereocenters. The zero-order valence-corrected chi connectivity index (χ0v) is 21.4. The Morgan fingerprint density at radius 3 is 2.05 bits per heavy atom. The van der Waals surface area contributed by atoms with Crippen molar-refractivity contribution < 1.29 is 14.4 Å². The average molecular weight is 498 g/mol. The van der Waals surface area contributed by atoms with Gasteiger partial charge in [-0.2, -0.15) is 0 Å². The highest BCUT2D eigenvalue weighted by molar-refractivity contribution is 6.22. The van der Waals surface area contributed by atoms with Gasteiger partial charge in [0.15, 0.2) is 0 Å². The topological polar surface area (TPSA) is 86.7 Å². The fraction of sp³-hybridized carbons (Fsp3) is 0.345. The predicted molar refractivity (Wildman–Crippen MR) is 141 cm³/mol. The SMILES string of the molecule is Cc1nc(-c2ccccc2)cc(N2CCN(C(=O)C(CC(C)C)N3C(=O)c4ccccc4C3=O)CC2)n1. The molecule has 0 radical (unpaired) electrons. The van der Waals surface area contributed by atoms with Crippen LogP contribution >= 0.6 is 0 Å². The van der Waals surface area contributed by atoms with Gasteiger partial charge in [-0.25, -0.2) is 9.97 Å². The van der Waals surface area contributed by atoms with E-state index in [9.17, 15) is 14.4 Å². The standard InChI is InChI=1S/C29H31N5O3/c1-19(2)17-25(34-27(35)22-11-7-8-12-23(22)28(34)36)29(37)33-15-13-32(14-16-33)26-18-24(30-20(3)31-26)21-9-5-4-6-10-21/h4-12,18-19,25H,13-17H2,1-3H3. The Kier molecular flexibility index (Phi) is 6.74. The number of piperazine rings is 1. The number of aryl methyl sites for hydroxylation is 1. The van der Waals surface area contributed by atoms with Crippen LogP contribution in [0.3, 0.4) is 0 Å². The fourth-order valence-electron chi connectivity index (χ4n) is 5.09. The van der Waals surface area contributed by atoms with Crippen LogP contribution in [-0.2, 0) is 4.79 Å². The molecular formula is C29H31N5O3. The molecule has 1 fully saturated rings. The smallest absolute Gasteiger partial charge is 0.262 e. The van der Waals surface area contributed by atoms with Gasteiger partial charge in [0.05, 0.1) is 16.8 Å². The van der Waals surface area contributed by atoms with Gasteiger partial charge >= 0.3 is 0 Å². The molecular weight excluding hydrogens is 466 g/mol. The molecule has 3 amide bonds. The molecule has 0 N–H and O–H groups in total. The van der Waals surface area contributed by atoms with E-state index in [1.54, 1.807) is 29.2 Å². The number of hydrogen-bond acceptors (Lipinski definition) is 6. The third-order valence-electron chi connectivity index (χ3n) is 6.93. The predicted octanol–water partition coefficient (Wildman–Crippen LogP) is 3.81. The summed E-state index contributed by atoms with van der Waals surface area (Å²) in [5.74, 6) is 0.716. The van der Waals surface area contributed by atoms with E-state index in [0.717, 1.165) is 17.1 Å². The minimum atomic E-state index is -0.815. The lowest BCUT2D eigenvalue weighted by Crippen LogP contribution is -2.56. The molecule has 2 aliphatic heterocycles. The normalized spacial score (nSPS) is 16.4. The number of anilines is 1. The summed E-state index contributed by atoms with van der Waals surface area (Å²) < 4.78 is 0. The van der Waals surface area contributed by atoms with E-state index < -0.39 is 6.04 Å². The second kappa shape index (κ2) is 10.1. The van der Waals surface area contributed by atoms with E-state index in [0.29, 0.717) is 49.6 Å². The van der Waals surface area contributed by atoms with Crippen molar-refractivity contribution in [1.29, 1.82) is 0 Å². The average Bonchev–Trinajstić information content (AvgIpc) is 3.16. The van der Waals surface area contributed by atoms with E-state index >= 15 is 0 Å². The van der Waals surface area contributed by atoms with Crippen LogP contribution in [0.5, 0.6) is 0 Å². The van der Waals surface area contributed by atoms with Crippen molar-refractivity contribution in [3.63, 3.8) is 0 Å². The first-order valence-corrected chi connectivity index (χ1v) is 12.7. The summed E-state index contributed by atoms with van der Waals surface area (Å²) in [5.41, 5.74) is 2.63. The Morgan fingerprint density at radius 1 is 0.865 bits per heavy atom. The number of benzene rings is 2. The van der Waals surface area contributed by atoms with Crippen molar-refractivity contribution in [3.8, 4) is 11.3 Å². The van der Waals surface area contributed by atoms with Crippen LogP contribution in [0.25, 0.3) is 11.3 Å². The number of aromatic nitrogens is 2. The summed E-state index contributed by atoms with van der Waals surface area (Å²) in [6.07, 6.45) is 0.427. The molecule has 1 aromatic heterocycles. The van der Waals surface area contributed by atoms with Gasteiger partial charge in [0, 0.05) is 37.8 Å². The van der Waals surface area contributed by atoms with E-state index in [4.69, 9.17) is 0 Å². The summed E-state index contributed by atoms with van der Waals surface area (Å²) in [5, 5.41) is 0. The van der Waals surface area contributed by atoms with Crippen LogP contribution in [-0.4, -0.2) is 69.7 Å². The maximum absolute atomic E-state index is 13.7. The van der Waals surface area contributed by atoms with E-state index in [2.05, 4.69) is 14.9 Å². The van der Waals surface area contributed by atoms with Crippen LogP contribution in [0.1, 0.15) is 46.8 Å². The lowest BCUT2D eigenvalue weighted by atomic mass is 10.0. The second-order valence-corrected chi connectivity index (χ2v) is 10.0. The lowest BCUT2D eigenvalue weighted by Gasteiger charge is -2.38. The molecule has 2 aliphatic rings. The van der Waals surface area contributed by atoms with Crippen molar-refractivity contribution in [2.24, 2.45) is 5.92 Å². The second-order valence-electron chi connectivity index (χ2n) is 10.0. The summed E-state index contributed by atoms with van der Waals surface area (Å²) in [6, 6.07) is 17.9. The molecule has 8 nitrogen and oxygen atoms in total. The number of nitrogens with zero attached hydrogens (tertiary/aromatic N) is 5. The van der Waals surface area contributed by atoms with Crippen molar-refractivity contribution in [2.75, 3.05) is 31.1 Å². The highest BCUT2D eigenvalue weighted by Gasteiger charge is 2.44. The van der Waals surface area contributed by atoms with Gasteiger partial charge < -0.3 is 9.80 Å². The molecule has 5 rings (SSSR count). The highest BCUT2D eigenvalue weighted by Crippen LogP contribution is 2.29. The first-order chi connectivity index (χ1) is 17.8.